The normalized spacial score (nSPS) is 12.2. The van der Waals surface area contributed by atoms with Crippen LogP contribution in [0.3, 0.4) is 0 Å². The first kappa shape index (κ1) is 13.0. The van der Waals surface area contributed by atoms with Crippen molar-refractivity contribution in [3.63, 3.8) is 0 Å². The van der Waals surface area contributed by atoms with Crippen LogP contribution in [0.15, 0.2) is 18.2 Å². The molecule has 0 aliphatic carbocycles. The summed E-state index contributed by atoms with van der Waals surface area (Å²) in [6, 6.07) is 4.81. The van der Waals surface area contributed by atoms with Crippen molar-refractivity contribution in [3.05, 3.63) is 35.1 Å². The summed E-state index contributed by atoms with van der Waals surface area (Å²) in [6.07, 6.45) is 0.700. The van der Waals surface area contributed by atoms with Crippen molar-refractivity contribution >= 4 is 17.5 Å². The van der Waals surface area contributed by atoms with E-state index >= 15 is 0 Å². The maximum absolute atomic E-state index is 13.4. The molecule has 0 saturated carbocycles. The lowest BCUT2D eigenvalue weighted by Gasteiger charge is -2.17. The summed E-state index contributed by atoms with van der Waals surface area (Å²) in [6.45, 7) is 3.63. The Hall–Kier alpha value is -1.09. The quantitative estimate of drug-likeness (QED) is 0.810. The Kier molecular flexibility index (Phi) is 4.74. The number of benzene rings is 1. The van der Waals surface area contributed by atoms with Crippen molar-refractivity contribution < 1.29 is 9.18 Å². The van der Waals surface area contributed by atoms with Gasteiger partial charge < -0.3 is 5.32 Å². The van der Waals surface area contributed by atoms with Gasteiger partial charge >= 0.3 is 0 Å². The Balaban J connectivity index is 2.86. The molecule has 0 aromatic heterocycles. The molecule has 2 nitrogen and oxygen atoms in total. The first-order chi connectivity index (χ1) is 7.58. The third kappa shape index (κ3) is 3.20. The smallest absolute Gasteiger partial charge is 0.235 e. The molecule has 88 valence electrons. The molecule has 1 aromatic rings. The number of carbonyl (C=O) groups is 1. The zero-order chi connectivity index (χ0) is 12.1. The minimum absolute atomic E-state index is 0.0785. The summed E-state index contributed by atoms with van der Waals surface area (Å²) < 4.78 is 13.4. The van der Waals surface area contributed by atoms with Crippen molar-refractivity contribution in [3.8, 4) is 0 Å². The highest BCUT2D eigenvalue weighted by molar-refractivity contribution is 6.27. The van der Waals surface area contributed by atoms with Gasteiger partial charge in [0.2, 0.25) is 5.91 Å². The minimum Gasteiger partial charge on any atom is -0.348 e. The van der Waals surface area contributed by atoms with E-state index in [9.17, 15) is 9.18 Å². The van der Waals surface area contributed by atoms with E-state index in [1.165, 1.54) is 6.07 Å². The lowest BCUT2D eigenvalue weighted by molar-refractivity contribution is -0.119. The summed E-state index contributed by atoms with van der Waals surface area (Å²) in [4.78, 5) is 11.2. The van der Waals surface area contributed by atoms with Crippen LogP contribution in [-0.2, 0) is 4.79 Å². The Morgan fingerprint density at radius 1 is 1.56 bits per heavy atom. The first-order valence-corrected chi connectivity index (χ1v) is 5.73. The molecule has 1 atom stereocenters. The molecule has 1 N–H and O–H groups in total. The van der Waals surface area contributed by atoms with Crippen LogP contribution in [0.2, 0.25) is 0 Å². The van der Waals surface area contributed by atoms with Crippen molar-refractivity contribution in [2.45, 2.75) is 26.3 Å². The predicted octanol–water partition coefficient (Wildman–Crippen LogP) is 2.94. The molecular weight excluding hydrogens is 229 g/mol. The topological polar surface area (TPSA) is 29.1 Å². The van der Waals surface area contributed by atoms with Gasteiger partial charge in [-0.25, -0.2) is 4.39 Å². The molecule has 0 heterocycles. The zero-order valence-corrected chi connectivity index (χ0v) is 10.1. The second kappa shape index (κ2) is 5.85. The maximum atomic E-state index is 13.4. The van der Waals surface area contributed by atoms with Crippen molar-refractivity contribution in [2.75, 3.05) is 5.88 Å². The van der Waals surface area contributed by atoms with E-state index in [0.29, 0.717) is 12.0 Å². The fourth-order valence-corrected chi connectivity index (χ4v) is 1.56. The predicted molar refractivity (Wildman–Crippen MR) is 63.0 cm³/mol. The molecule has 1 aromatic carbocycles. The van der Waals surface area contributed by atoms with E-state index in [1.54, 1.807) is 13.0 Å². The summed E-state index contributed by atoms with van der Waals surface area (Å²) >= 11 is 5.41. The lowest BCUT2D eigenvalue weighted by Crippen LogP contribution is -2.29. The molecule has 0 aliphatic rings. The van der Waals surface area contributed by atoms with Crippen LogP contribution in [-0.4, -0.2) is 11.8 Å². The lowest BCUT2D eigenvalue weighted by atomic mass is 10.0. The van der Waals surface area contributed by atoms with Gasteiger partial charge in [0.25, 0.3) is 0 Å². The van der Waals surface area contributed by atoms with Gasteiger partial charge in [-0.1, -0.05) is 19.1 Å². The van der Waals surface area contributed by atoms with E-state index in [-0.39, 0.29) is 23.6 Å². The zero-order valence-electron chi connectivity index (χ0n) is 9.39. The van der Waals surface area contributed by atoms with Crippen LogP contribution in [0, 0.1) is 12.7 Å². The molecule has 0 radical (unpaired) electrons. The summed E-state index contributed by atoms with van der Waals surface area (Å²) in [7, 11) is 0. The molecule has 0 bridgehead atoms. The van der Waals surface area contributed by atoms with Gasteiger partial charge in [-0.05, 0) is 30.5 Å². The van der Waals surface area contributed by atoms with Crippen LogP contribution in [0.25, 0.3) is 0 Å². The molecule has 16 heavy (non-hydrogen) atoms. The van der Waals surface area contributed by atoms with Crippen LogP contribution in [0.4, 0.5) is 4.39 Å². The fourth-order valence-electron chi connectivity index (χ4n) is 1.48. The number of amides is 1. The molecular formula is C12H15ClFNO. The van der Waals surface area contributed by atoms with Crippen molar-refractivity contribution in [1.29, 1.82) is 0 Å². The average Bonchev–Trinajstić information content (AvgIpc) is 2.29. The van der Waals surface area contributed by atoms with Gasteiger partial charge in [0.05, 0.1) is 6.04 Å². The standard InChI is InChI=1S/C12H15ClFNO/c1-3-11(15-12(16)7-13)9-5-4-8(2)10(14)6-9/h4-6,11H,3,7H2,1-2H3,(H,15,16)/t11-/m0/s1. The number of hydrogen-bond acceptors (Lipinski definition) is 1. The molecule has 1 rings (SSSR count). The van der Waals surface area contributed by atoms with Crippen LogP contribution in [0.5, 0.6) is 0 Å². The Morgan fingerprint density at radius 3 is 2.75 bits per heavy atom. The Bertz CT molecular complexity index is 381. The summed E-state index contributed by atoms with van der Waals surface area (Å²) in [5.74, 6) is -0.573. The number of rotatable bonds is 4. The van der Waals surface area contributed by atoms with Crippen LogP contribution < -0.4 is 5.32 Å². The number of carbonyl (C=O) groups excluding carboxylic acids is 1. The third-order valence-corrected chi connectivity index (χ3v) is 2.71. The number of alkyl halides is 1. The SMILES string of the molecule is CC[C@H](NC(=O)CCl)c1ccc(C)c(F)c1. The highest BCUT2D eigenvalue weighted by atomic mass is 35.5. The molecule has 1 amide bonds. The summed E-state index contributed by atoms with van der Waals surface area (Å²) in [5.41, 5.74) is 1.37. The van der Waals surface area contributed by atoms with Crippen LogP contribution in [0.1, 0.15) is 30.5 Å². The second-order valence-corrected chi connectivity index (χ2v) is 3.94. The maximum Gasteiger partial charge on any atom is 0.235 e. The van der Waals surface area contributed by atoms with Crippen molar-refractivity contribution in [1.82, 2.24) is 5.32 Å². The van der Waals surface area contributed by atoms with Gasteiger partial charge in [-0.2, -0.15) is 0 Å². The number of nitrogens with one attached hydrogen (secondary N) is 1. The monoisotopic (exact) mass is 243 g/mol. The van der Waals surface area contributed by atoms with E-state index in [0.717, 1.165) is 5.56 Å². The highest BCUT2D eigenvalue weighted by Crippen LogP contribution is 2.19. The Labute approximate surface area is 99.8 Å². The van der Waals surface area contributed by atoms with E-state index in [4.69, 9.17) is 11.6 Å². The summed E-state index contributed by atoms with van der Waals surface area (Å²) in [5, 5.41) is 2.74. The molecule has 0 spiro atoms. The second-order valence-electron chi connectivity index (χ2n) is 3.67. The molecule has 0 fully saturated rings. The van der Waals surface area contributed by atoms with Gasteiger partial charge in [0.15, 0.2) is 0 Å². The van der Waals surface area contributed by atoms with Crippen LogP contribution >= 0.6 is 11.6 Å². The number of aryl methyl sites for hydroxylation is 1. The first-order valence-electron chi connectivity index (χ1n) is 5.19. The minimum atomic E-state index is -0.254. The van der Waals surface area contributed by atoms with E-state index in [2.05, 4.69) is 5.32 Å². The Morgan fingerprint density at radius 2 is 2.25 bits per heavy atom. The van der Waals surface area contributed by atoms with Gasteiger partial charge in [0, 0.05) is 0 Å². The number of halogens is 2. The number of hydrogen-bond donors (Lipinski definition) is 1. The molecule has 0 aliphatic heterocycles. The molecule has 4 heteroatoms. The third-order valence-electron chi connectivity index (χ3n) is 2.46. The van der Waals surface area contributed by atoms with E-state index < -0.39 is 0 Å². The molecule has 0 unspecified atom stereocenters. The average molecular weight is 244 g/mol. The van der Waals surface area contributed by atoms with Gasteiger partial charge in [0.1, 0.15) is 11.7 Å². The van der Waals surface area contributed by atoms with Gasteiger partial charge in [-0.3, -0.25) is 4.79 Å². The fraction of sp³-hybridized carbons (Fsp3) is 0.417. The highest BCUT2D eigenvalue weighted by Gasteiger charge is 2.13. The van der Waals surface area contributed by atoms with Gasteiger partial charge in [-0.15, -0.1) is 11.6 Å². The largest absolute Gasteiger partial charge is 0.348 e. The van der Waals surface area contributed by atoms with Crippen molar-refractivity contribution in [2.24, 2.45) is 0 Å². The van der Waals surface area contributed by atoms with E-state index in [1.807, 2.05) is 13.0 Å². The molecule has 0 saturated heterocycles.